The van der Waals surface area contributed by atoms with E-state index in [-0.39, 0.29) is 17.1 Å². The molecule has 1 saturated heterocycles. The van der Waals surface area contributed by atoms with Crippen LogP contribution < -0.4 is 20.8 Å². The summed E-state index contributed by atoms with van der Waals surface area (Å²) in [5.41, 5.74) is 10.2. The van der Waals surface area contributed by atoms with E-state index < -0.39 is 0 Å². The molecular weight excluding hydrogens is 484 g/mol. The van der Waals surface area contributed by atoms with Crippen LogP contribution in [0.2, 0.25) is 0 Å². The van der Waals surface area contributed by atoms with Gasteiger partial charge in [0.2, 0.25) is 0 Å². The number of benzene rings is 1. The molecule has 0 bridgehead atoms. The predicted octanol–water partition coefficient (Wildman–Crippen LogP) is 2.94. The second kappa shape index (κ2) is 10.3. The number of aromatic nitrogens is 6. The van der Waals surface area contributed by atoms with Crippen molar-refractivity contribution in [2.45, 2.75) is 25.8 Å². The maximum Gasteiger partial charge on any atom is 0.276 e. The molecule has 3 aromatic heterocycles. The van der Waals surface area contributed by atoms with Crippen LogP contribution in [0.4, 0.5) is 5.82 Å². The van der Waals surface area contributed by atoms with E-state index in [1.54, 1.807) is 51.9 Å². The fourth-order valence-corrected chi connectivity index (χ4v) is 4.85. The van der Waals surface area contributed by atoms with Gasteiger partial charge in [-0.15, -0.1) is 0 Å². The van der Waals surface area contributed by atoms with Gasteiger partial charge in [-0.2, -0.15) is 5.10 Å². The molecule has 0 radical (unpaired) electrons. The second-order valence-corrected chi connectivity index (χ2v) is 9.60. The zero-order valence-electron chi connectivity index (χ0n) is 22.3. The van der Waals surface area contributed by atoms with Gasteiger partial charge in [-0.3, -0.25) is 9.48 Å². The molecule has 0 saturated carbocycles. The van der Waals surface area contributed by atoms with Gasteiger partial charge in [0.05, 0.1) is 38.3 Å². The highest BCUT2D eigenvalue weighted by Gasteiger charge is 2.23. The molecule has 1 fully saturated rings. The largest absolute Gasteiger partial charge is 0.497 e. The molecule has 11 heteroatoms. The van der Waals surface area contributed by atoms with Crippen LogP contribution in [0.3, 0.4) is 0 Å². The summed E-state index contributed by atoms with van der Waals surface area (Å²) in [4.78, 5) is 29.4. The summed E-state index contributed by atoms with van der Waals surface area (Å²) in [5.74, 6) is 1.31. The number of hydrogen-bond donors (Lipinski definition) is 1. The topological polar surface area (TPSA) is 126 Å². The molecule has 4 aromatic rings. The molecule has 0 unspecified atom stereocenters. The van der Waals surface area contributed by atoms with Crippen LogP contribution in [-0.2, 0) is 7.05 Å². The molecule has 198 valence electrons. The number of ether oxygens (including phenoxy) is 2. The Morgan fingerprint density at radius 1 is 0.947 bits per heavy atom. The summed E-state index contributed by atoms with van der Waals surface area (Å²) >= 11 is 0. The van der Waals surface area contributed by atoms with Gasteiger partial charge in [0.25, 0.3) is 5.56 Å². The van der Waals surface area contributed by atoms with Crippen LogP contribution in [0, 0.1) is 6.92 Å². The molecule has 0 amide bonds. The first-order valence-corrected chi connectivity index (χ1v) is 12.5. The fraction of sp³-hybridized carbons (Fsp3) is 0.370. The average molecular weight is 517 g/mol. The lowest BCUT2D eigenvalue weighted by molar-refractivity contribution is 0.210. The molecule has 1 aliphatic heterocycles. The number of aryl methyl sites for hydroxylation is 1. The normalized spacial score (nSPS) is 14.6. The molecule has 0 spiro atoms. The van der Waals surface area contributed by atoms with Crippen LogP contribution in [0.25, 0.3) is 33.9 Å². The summed E-state index contributed by atoms with van der Waals surface area (Å²) < 4.78 is 14.3. The van der Waals surface area contributed by atoms with Gasteiger partial charge in [-0.05, 0) is 52.0 Å². The minimum absolute atomic E-state index is 0.217. The van der Waals surface area contributed by atoms with Crippen LogP contribution in [-0.4, -0.2) is 68.6 Å². The third kappa shape index (κ3) is 4.72. The maximum absolute atomic E-state index is 13.1. The Labute approximate surface area is 220 Å². The Kier molecular flexibility index (Phi) is 6.85. The lowest BCUT2D eigenvalue weighted by atomic mass is 10.1. The summed E-state index contributed by atoms with van der Waals surface area (Å²) in [7, 11) is 6.92. The quantitative estimate of drug-likeness (QED) is 0.411. The highest BCUT2D eigenvalue weighted by atomic mass is 16.5. The van der Waals surface area contributed by atoms with Crippen LogP contribution in [0.5, 0.6) is 11.5 Å². The van der Waals surface area contributed by atoms with Crippen LogP contribution in [0.1, 0.15) is 24.6 Å². The summed E-state index contributed by atoms with van der Waals surface area (Å²) in [6.07, 6.45) is 7.20. The number of nitrogen functional groups attached to an aromatic ring is 1. The number of nitrogens with zero attached hydrogens (tertiary/aromatic N) is 7. The Morgan fingerprint density at radius 2 is 1.61 bits per heavy atom. The number of nitrogens with two attached hydrogens (primary N) is 1. The lowest BCUT2D eigenvalue weighted by Crippen LogP contribution is -2.32. The standard InChI is InChI=1S/C27H32N8O3/c1-16-21(13-30-35(16)18-6-8-33(2)9-7-18)22-14-29-26(28)25(31-22)23-15-34(3)27(36)24(32-23)17-10-19(37-4)12-20(11-17)38-5/h10-15,18H,6-9H2,1-5H3,(H2,28,29). The van der Waals surface area contributed by atoms with Gasteiger partial charge in [0.15, 0.2) is 5.82 Å². The van der Waals surface area contributed by atoms with Crippen molar-refractivity contribution in [2.24, 2.45) is 7.05 Å². The van der Waals surface area contributed by atoms with Gasteiger partial charge < -0.3 is 24.7 Å². The monoisotopic (exact) mass is 516 g/mol. The number of methoxy groups -OCH3 is 2. The summed E-state index contributed by atoms with van der Waals surface area (Å²) in [6, 6.07) is 5.57. The molecular formula is C27H32N8O3. The van der Waals surface area contributed by atoms with Gasteiger partial charge >= 0.3 is 0 Å². The van der Waals surface area contributed by atoms with E-state index in [9.17, 15) is 4.79 Å². The third-order valence-corrected chi connectivity index (χ3v) is 7.09. The molecule has 0 atom stereocenters. The molecule has 4 heterocycles. The number of piperidine rings is 1. The van der Waals surface area contributed by atoms with Crippen molar-refractivity contribution in [2.75, 3.05) is 40.1 Å². The first-order valence-electron chi connectivity index (χ1n) is 12.5. The van der Waals surface area contributed by atoms with E-state index in [2.05, 4.69) is 33.5 Å². The molecule has 11 nitrogen and oxygen atoms in total. The van der Waals surface area contributed by atoms with Crippen molar-refractivity contribution >= 4 is 5.82 Å². The van der Waals surface area contributed by atoms with Crippen molar-refractivity contribution in [1.82, 2.24) is 34.2 Å². The Hall–Kier alpha value is -4.25. The van der Waals surface area contributed by atoms with E-state index >= 15 is 0 Å². The first-order chi connectivity index (χ1) is 18.3. The van der Waals surface area contributed by atoms with Crippen molar-refractivity contribution < 1.29 is 9.47 Å². The van der Waals surface area contributed by atoms with E-state index in [1.807, 2.05) is 6.20 Å². The van der Waals surface area contributed by atoms with Crippen LogP contribution in [0.15, 0.2) is 41.6 Å². The van der Waals surface area contributed by atoms with Crippen molar-refractivity contribution in [3.8, 4) is 45.4 Å². The summed E-state index contributed by atoms with van der Waals surface area (Å²) in [6.45, 7) is 4.15. The second-order valence-electron chi connectivity index (χ2n) is 9.60. The zero-order valence-corrected chi connectivity index (χ0v) is 22.3. The minimum atomic E-state index is -0.276. The van der Waals surface area contributed by atoms with E-state index in [1.165, 1.54) is 4.57 Å². The number of anilines is 1. The molecule has 38 heavy (non-hydrogen) atoms. The maximum atomic E-state index is 13.1. The minimum Gasteiger partial charge on any atom is -0.497 e. The Bertz CT molecular complexity index is 1510. The summed E-state index contributed by atoms with van der Waals surface area (Å²) in [5, 5.41) is 4.69. The third-order valence-electron chi connectivity index (χ3n) is 7.09. The van der Waals surface area contributed by atoms with Gasteiger partial charge in [0, 0.05) is 36.1 Å². The van der Waals surface area contributed by atoms with Crippen LogP contribution >= 0.6 is 0 Å². The molecule has 5 rings (SSSR count). The van der Waals surface area contributed by atoms with Gasteiger partial charge in [-0.25, -0.2) is 15.0 Å². The SMILES string of the molecule is COc1cc(OC)cc(-c2nc(-c3nc(-c4cnn(C5CCN(C)CC5)c4C)cnc3N)cn(C)c2=O)c1. The zero-order chi connectivity index (χ0) is 27.0. The average Bonchev–Trinajstić information content (AvgIpc) is 3.31. The van der Waals surface area contributed by atoms with Gasteiger partial charge in [0.1, 0.15) is 28.6 Å². The number of rotatable bonds is 6. The molecule has 2 N–H and O–H groups in total. The molecule has 1 aromatic carbocycles. The smallest absolute Gasteiger partial charge is 0.276 e. The number of hydrogen-bond acceptors (Lipinski definition) is 9. The van der Waals surface area contributed by atoms with E-state index in [0.717, 1.165) is 37.2 Å². The number of likely N-dealkylation sites (tertiary alicyclic amines) is 1. The van der Waals surface area contributed by atoms with E-state index in [4.69, 9.17) is 25.3 Å². The lowest BCUT2D eigenvalue weighted by Gasteiger charge is -2.29. The predicted molar refractivity (Wildman–Crippen MR) is 145 cm³/mol. The Balaban J connectivity index is 1.57. The molecule has 0 aliphatic carbocycles. The highest BCUT2D eigenvalue weighted by Crippen LogP contribution is 2.32. The van der Waals surface area contributed by atoms with Crippen molar-refractivity contribution in [3.63, 3.8) is 0 Å². The van der Waals surface area contributed by atoms with Crippen molar-refractivity contribution in [1.29, 1.82) is 0 Å². The highest BCUT2D eigenvalue weighted by molar-refractivity contribution is 5.73. The Morgan fingerprint density at radius 3 is 2.26 bits per heavy atom. The first kappa shape index (κ1) is 25.4. The van der Waals surface area contributed by atoms with Crippen molar-refractivity contribution in [3.05, 3.63) is 52.8 Å². The van der Waals surface area contributed by atoms with E-state index in [0.29, 0.717) is 40.2 Å². The van der Waals surface area contributed by atoms with Gasteiger partial charge in [-0.1, -0.05) is 0 Å². The fourth-order valence-electron chi connectivity index (χ4n) is 4.85. The molecule has 1 aliphatic rings.